The molecule has 6 aliphatic rings. The Morgan fingerprint density at radius 2 is 1.61 bits per heavy atom. The highest BCUT2D eigenvalue weighted by molar-refractivity contribution is 8.01. The molecular weight excluding hydrogens is 312 g/mol. The molecule has 6 bridgehead atoms. The molecule has 10 atom stereocenters. The quantitative estimate of drug-likeness (QED) is 0.737. The molecule has 0 aromatic rings. The number of esters is 1. The summed E-state index contributed by atoms with van der Waals surface area (Å²) in [5, 5.41) is 0.971. The highest BCUT2D eigenvalue weighted by Gasteiger charge is 2.68. The van der Waals surface area contributed by atoms with E-state index in [2.05, 4.69) is 0 Å². The average molecular weight is 336 g/mol. The smallest absolute Gasteiger partial charge is 0.309 e. The first kappa shape index (κ1) is 14.8. The van der Waals surface area contributed by atoms with Crippen molar-refractivity contribution >= 4 is 23.5 Å². The predicted octanol–water partition coefficient (Wildman–Crippen LogP) is 2.30. The summed E-state index contributed by atoms with van der Waals surface area (Å²) in [5.41, 5.74) is 0. The highest BCUT2D eigenvalue weighted by atomic mass is 32.2. The van der Waals surface area contributed by atoms with Gasteiger partial charge < -0.3 is 9.47 Å². The number of hydrogen-bond acceptors (Lipinski definition) is 5. The summed E-state index contributed by atoms with van der Waals surface area (Å²) in [6, 6.07) is 0. The van der Waals surface area contributed by atoms with Gasteiger partial charge in [0, 0.05) is 35.4 Å². The molecule has 2 aliphatic heterocycles. The Hall–Kier alpha value is -0.550. The normalized spacial score (nSPS) is 55.0. The van der Waals surface area contributed by atoms with Gasteiger partial charge in [0.25, 0.3) is 0 Å². The molecule has 0 aromatic carbocycles. The zero-order valence-electron chi connectivity index (χ0n) is 13.6. The minimum atomic E-state index is -0.0257. The van der Waals surface area contributed by atoms with E-state index in [1.54, 1.807) is 14.0 Å². The van der Waals surface area contributed by atoms with E-state index in [1.807, 2.05) is 11.8 Å². The number of fused-ring (bicyclic) bond motifs is 2. The molecule has 0 aromatic heterocycles. The van der Waals surface area contributed by atoms with Crippen LogP contribution in [0.25, 0.3) is 0 Å². The topological polar surface area (TPSA) is 52.6 Å². The molecule has 4 aliphatic carbocycles. The third-order valence-corrected chi connectivity index (χ3v) is 9.22. The number of Topliss-reactive ketones (excluding diaryl/α,β-unsaturated/α-hetero) is 1. The van der Waals surface area contributed by atoms with E-state index in [0.29, 0.717) is 34.4 Å². The minimum Gasteiger partial charge on any atom is -0.461 e. The van der Waals surface area contributed by atoms with Crippen molar-refractivity contribution in [3.63, 3.8) is 0 Å². The van der Waals surface area contributed by atoms with Crippen LogP contribution in [0.5, 0.6) is 0 Å². The highest BCUT2D eigenvalue weighted by Crippen LogP contribution is 2.65. The molecule has 126 valence electrons. The molecule has 0 amide bonds. The number of ether oxygens (including phenoxy) is 2. The summed E-state index contributed by atoms with van der Waals surface area (Å²) < 4.78 is 11.7. The number of rotatable bonds is 4. The molecule has 2 saturated heterocycles. The van der Waals surface area contributed by atoms with Crippen LogP contribution in [0.4, 0.5) is 0 Å². The van der Waals surface area contributed by atoms with Crippen LogP contribution in [-0.4, -0.2) is 41.6 Å². The van der Waals surface area contributed by atoms with Crippen LogP contribution in [0, 0.1) is 35.5 Å². The van der Waals surface area contributed by atoms with Gasteiger partial charge in [-0.15, -0.1) is 11.8 Å². The molecule has 8 unspecified atom stereocenters. The number of hydrogen-bond donors (Lipinski definition) is 0. The zero-order chi connectivity index (χ0) is 15.9. The van der Waals surface area contributed by atoms with Crippen LogP contribution in [-0.2, 0) is 19.1 Å². The Balaban J connectivity index is 1.27. The lowest BCUT2D eigenvalue weighted by molar-refractivity contribution is -0.159. The van der Waals surface area contributed by atoms with Crippen molar-refractivity contribution in [1.29, 1.82) is 0 Å². The van der Waals surface area contributed by atoms with Gasteiger partial charge in [-0.3, -0.25) is 9.59 Å². The Morgan fingerprint density at radius 1 is 0.913 bits per heavy atom. The van der Waals surface area contributed by atoms with E-state index < -0.39 is 0 Å². The molecule has 6 fully saturated rings. The number of thioether (sulfide) groups is 1. The average Bonchev–Trinajstić information content (AvgIpc) is 3.32. The second-order valence-electron chi connectivity index (χ2n) is 8.29. The van der Waals surface area contributed by atoms with E-state index in [-0.39, 0.29) is 35.6 Å². The molecule has 0 radical (unpaired) electrons. The van der Waals surface area contributed by atoms with Gasteiger partial charge in [0.1, 0.15) is 11.9 Å². The molecule has 2 heterocycles. The summed E-state index contributed by atoms with van der Waals surface area (Å²) in [6.07, 6.45) is 4.61. The summed E-state index contributed by atoms with van der Waals surface area (Å²) in [4.78, 5) is 24.6. The number of carbonyl (C=O) groups excluding carboxylic acids is 2. The molecule has 4 nitrogen and oxygen atoms in total. The van der Waals surface area contributed by atoms with E-state index in [4.69, 9.17) is 9.47 Å². The Labute approximate surface area is 141 Å². The van der Waals surface area contributed by atoms with Crippen LogP contribution in [0.15, 0.2) is 0 Å². The van der Waals surface area contributed by atoms with Crippen LogP contribution in [0.3, 0.4) is 0 Å². The van der Waals surface area contributed by atoms with Gasteiger partial charge in [0.05, 0.1) is 12.0 Å². The number of methoxy groups -OCH3 is 1. The van der Waals surface area contributed by atoms with Gasteiger partial charge in [-0.25, -0.2) is 0 Å². The first-order valence-electron chi connectivity index (χ1n) is 8.97. The van der Waals surface area contributed by atoms with Gasteiger partial charge in [-0.2, -0.15) is 0 Å². The van der Waals surface area contributed by atoms with Gasteiger partial charge in [-0.05, 0) is 44.4 Å². The van der Waals surface area contributed by atoms with Crippen molar-refractivity contribution in [2.75, 3.05) is 7.11 Å². The summed E-state index contributed by atoms with van der Waals surface area (Å²) in [6.45, 7) is 1.68. The van der Waals surface area contributed by atoms with Crippen molar-refractivity contribution < 1.29 is 19.1 Å². The van der Waals surface area contributed by atoms with E-state index in [9.17, 15) is 9.59 Å². The van der Waals surface area contributed by atoms with Crippen LogP contribution in [0.1, 0.15) is 32.6 Å². The fraction of sp³-hybridized carbons (Fsp3) is 0.889. The maximum Gasteiger partial charge on any atom is 0.309 e. The maximum absolute atomic E-state index is 12.8. The van der Waals surface area contributed by atoms with E-state index in [0.717, 1.165) is 25.7 Å². The summed E-state index contributed by atoms with van der Waals surface area (Å²) >= 11 is 1.98. The predicted molar refractivity (Wildman–Crippen MR) is 85.9 cm³/mol. The lowest BCUT2D eigenvalue weighted by Crippen LogP contribution is -2.40. The number of carbonyl (C=O) groups is 2. The lowest BCUT2D eigenvalue weighted by atomic mass is 9.79. The van der Waals surface area contributed by atoms with Crippen molar-refractivity contribution in [2.24, 2.45) is 35.5 Å². The van der Waals surface area contributed by atoms with Crippen LogP contribution in [0.2, 0.25) is 0 Å². The Kier molecular flexibility index (Phi) is 3.20. The minimum absolute atomic E-state index is 0.0128. The van der Waals surface area contributed by atoms with Crippen LogP contribution >= 0.6 is 11.8 Å². The second kappa shape index (κ2) is 4.98. The standard InChI is InChI=1S/C18H24O4S/c1-7(19)9-3-8-4-10(9)11(5-8)18(20)22-15-13-6-12-14(21-2)16(13)23-17(12)15/h8-17H,3-6H2,1-2H3/t8?,9?,10?,11?,12-,13-,14?,15?,16?,17?/m1/s1. The molecule has 0 N–H and O–H groups in total. The van der Waals surface area contributed by atoms with Gasteiger partial charge >= 0.3 is 5.97 Å². The van der Waals surface area contributed by atoms with E-state index >= 15 is 0 Å². The largest absolute Gasteiger partial charge is 0.461 e. The Morgan fingerprint density at radius 3 is 2.17 bits per heavy atom. The van der Waals surface area contributed by atoms with Crippen molar-refractivity contribution in [1.82, 2.24) is 0 Å². The molecule has 6 rings (SSSR count). The molecule has 23 heavy (non-hydrogen) atoms. The third kappa shape index (κ3) is 1.89. The van der Waals surface area contributed by atoms with Crippen molar-refractivity contribution in [3.8, 4) is 0 Å². The molecule has 0 spiro atoms. The lowest BCUT2D eigenvalue weighted by Gasteiger charge is -2.30. The van der Waals surface area contributed by atoms with Gasteiger partial charge in [0.15, 0.2) is 0 Å². The molecule has 4 saturated carbocycles. The second-order valence-corrected chi connectivity index (χ2v) is 9.65. The fourth-order valence-electron chi connectivity index (χ4n) is 6.51. The number of ketones is 1. The first-order valence-corrected chi connectivity index (χ1v) is 9.92. The van der Waals surface area contributed by atoms with Gasteiger partial charge in [-0.1, -0.05) is 0 Å². The van der Waals surface area contributed by atoms with E-state index in [1.165, 1.54) is 0 Å². The van der Waals surface area contributed by atoms with Crippen molar-refractivity contribution in [3.05, 3.63) is 0 Å². The summed E-state index contributed by atoms with van der Waals surface area (Å²) in [7, 11) is 1.81. The molecule has 5 heteroatoms. The maximum atomic E-state index is 12.8. The van der Waals surface area contributed by atoms with Gasteiger partial charge in [0.2, 0.25) is 0 Å². The Bertz CT molecular complexity index is 545. The third-order valence-electron chi connectivity index (χ3n) is 7.36. The summed E-state index contributed by atoms with van der Waals surface area (Å²) in [5.74, 6) is 2.20. The zero-order valence-corrected chi connectivity index (χ0v) is 14.5. The first-order chi connectivity index (χ1) is 11.1. The molecular formula is C18H24O4S. The van der Waals surface area contributed by atoms with Crippen molar-refractivity contribution in [2.45, 2.75) is 55.3 Å². The fourth-order valence-corrected chi connectivity index (χ4v) is 8.69. The van der Waals surface area contributed by atoms with Crippen LogP contribution < -0.4 is 0 Å². The monoisotopic (exact) mass is 336 g/mol. The SMILES string of the molecule is COC1C2SC3C(OC(=O)C4CC5CC(C(C)=O)C4C5)[C@H]2C[C@H]13.